The van der Waals surface area contributed by atoms with Crippen LogP contribution in [0.25, 0.3) is 11.3 Å². The Hall–Kier alpha value is -2.75. The van der Waals surface area contributed by atoms with Crippen LogP contribution in [0.5, 0.6) is 0 Å². The zero-order valence-corrected chi connectivity index (χ0v) is 13.6. The second kappa shape index (κ2) is 7.24. The number of hydrogen-bond donors (Lipinski definition) is 1. The minimum absolute atomic E-state index is 0.0153. The third-order valence-electron chi connectivity index (χ3n) is 4.07. The average molecular weight is 367 g/mol. The summed E-state index contributed by atoms with van der Waals surface area (Å²) < 4.78 is 38.0. The van der Waals surface area contributed by atoms with Gasteiger partial charge in [-0.15, -0.1) is 5.10 Å². The summed E-state index contributed by atoms with van der Waals surface area (Å²) in [6.45, 7) is 2.19. The topological polar surface area (TPSA) is 82.5 Å². The summed E-state index contributed by atoms with van der Waals surface area (Å²) in [5, 5.41) is 16.7. The van der Waals surface area contributed by atoms with E-state index in [0.717, 1.165) is 12.1 Å². The van der Waals surface area contributed by atoms with Crippen molar-refractivity contribution in [2.45, 2.75) is 6.18 Å². The first-order valence-corrected chi connectivity index (χ1v) is 7.89. The second-order valence-corrected chi connectivity index (χ2v) is 5.87. The van der Waals surface area contributed by atoms with E-state index in [1.54, 1.807) is 0 Å². The molecule has 1 aliphatic rings. The van der Waals surface area contributed by atoms with Gasteiger partial charge in [-0.3, -0.25) is 9.69 Å². The van der Waals surface area contributed by atoms with Crippen LogP contribution >= 0.6 is 0 Å². The van der Waals surface area contributed by atoms with E-state index >= 15 is 0 Å². The Morgan fingerprint density at radius 2 is 1.77 bits per heavy atom. The fourth-order valence-electron chi connectivity index (χ4n) is 2.69. The molecule has 1 saturated heterocycles. The van der Waals surface area contributed by atoms with Crippen LogP contribution in [0.3, 0.4) is 0 Å². The number of carboxylic acid groups (broad SMARTS) is 1. The first-order valence-electron chi connectivity index (χ1n) is 7.89. The number of anilines is 1. The van der Waals surface area contributed by atoms with Gasteiger partial charge in [0.1, 0.15) is 0 Å². The van der Waals surface area contributed by atoms with Crippen LogP contribution in [-0.2, 0) is 11.0 Å². The minimum Gasteiger partial charge on any atom is -0.480 e. The summed E-state index contributed by atoms with van der Waals surface area (Å²) in [7, 11) is 0. The number of piperazine rings is 1. The molecule has 0 amide bonds. The Kier molecular flexibility index (Phi) is 5.03. The van der Waals surface area contributed by atoms with Crippen molar-refractivity contribution in [2.75, 3.05) is 37.6 Å². The summed E-state index contributed by atoms with van der Waals surface area (Å²) in [5.74, 6) is -0.502. The summed E-state index contributed by atoms with van der Waals surface area (Å²) >= 11 is 0. The second-order valence-electron chi connectivity index (χ2n) is 5.87. The van der Waals surface area contributed by atoms with Gasteiger partial charge in [-0.05, 0) is 12.1 Å². The molecule has 1 N–H and O–H groups in total. The zero-order valence-electron chi connectivity index (χ0n) is 13.6. The van der Waals surface area contributed by atoms with Crippen molar-refractivity contribution < 1.29 is 23.1 Å². The molecule has 7 nitrogen and oxygen atoms in total. The van der Waals surface area contributed by atoms with E-state index in [1.165, 1.54) is 18.3 Å². The molecule has 0 spiro atoms. The van der Waals surface area contributed by atoms with Crippen LogP contribution in [0.2, 0.25) is 0 Å². The monoisotopic (exact) mass is 367 g/mol. The normalized spacial score (nSPS) is 15.9. The van der Waals surface area contributed by atoms with E-state index in [-0.39, 0.29) is 6.54 Å². The Bertz CT molecular complexity index is 774. The fraction of sp³-hybridized carbons (Fsp3) is 0.375. The van der Waals surface area contributed by atoms with Gasteiger partial charge in [0.05, 0.1) is 24.0 Å². The van der Waals surface area contributed by atoms with Crippen LogP contribution in [0, 0.1) is 0 Å². The average Bonchev–Trinajstić information content (AvgIpc) is 2.61. The SMILES string of the molecule is O=C(O)CN1CCN(c2nncc(-c3ccc(C(F)(F)F)cc3)n2)CC1. The third kappa shape index (κ3) is 4.26. The lowest BCUT2D eigenvalue weighted by atomic mass is 10.1. The maximum atomic E-state index is 12.7. The third-order valence-corrected chi connectivity index (χ3v) is 4.07. The molecule has 1 fully saturated rings. The predicted octanol–water partition coefficient (Wildman–Crippen LogP) is 1.76. The van der Waals surface area contributed by atoms with E-state index in [4.69, 9.17) is 5.11 Å². The van der Waals surface area contributed by atoms with Crippen LogP contribution in [-0.4, -0.2) is 63.9 Å². The highest BCUT2D eigenvalue weighted by molar-refractivity contribution is 5.69. The highest BCUT2D eigenvalue weighted by Crippen LogP contribution is 2.30. The van der Waals surface area contributed by atoms with Crippen molar-refractivity contribution in [1.82, 2.24) is 20.1 Å². The molecule has 0 aliphatic carbocycles. The molecular formula is C16H16F3N5O2. The lowest BCUT2D eigenvalue weighted by Gasteiger charge is -2.33. The van der Waals surface area contributed by atoms with E-state index in [0.29, 0.717) is 43.4 Å². The molecule has 0 atom stereocenters. The summed E-state index contributed by atoms with van der Waals surface area (Å²) in [4.78, 5) is 18.8. The molecular weight excluding hydrogens is 351 g/mol. The zero-order chi connectivity index (χ0) is 18.7. The van der Waals surface area contributed by atoms with Crippen molar-refractivity contribution in [3.63, 3.8) is 0 Å². The van der Waals surface area contributed by atoms with Gasteiger partial charge < -0.3 is 10.0 Å². The lowest BCUT2D eigenvalue weighted by Crippen LogP contribution is -2.48. The molecule has 138 valence electrons. The molecule has 1 aromatic carbocycles. The van der Waals surface area contributed by atoms with Gasteiger partial charge in [-0.2, -0.15) is 18.3 Å². The van der Waals surface area contributed by atoms with Crippen molar-refractivity contribution in [3.05, 3.63) is 36.0 Å². The molecule has 0 bridgehead atoms. The first kappa shape index (κ1) is 18.1. The number of halogens is 3. The van der Waals surface area contributed by atoms with E-state index in [2.05, 4.69) is 15.2 Å². The van der Waals surface area contributed by atoms with E-state index in [9.17, 15) is 18.0 Å². The van der Waals surface area contributed by atoms with Gasteiger partial charge in [-0.1, -0.05) is 12.1 Å². The molecule has 26 heavy (non-hydrogen) atoms. The fourth-order valence-corrected chi connectivity index (χ4v) is 2.69. The number of rotatable bonds is 4. The molecule has 0 radical (unpaired) electrons. The van der Waals surface area contributed by atoms with Gasteiger partial charge in [0.25, 0.3) is 0 Å². The van der Waals surface area contributed by atoms with E-state index < -0.39 is 17.7 Å². The van der Waals surface area contributed by atoms with Crippen LogP contribution in [0.15, 0.2) is 30.5 Å². The number of carbonyl (C=O) groups is 1. The molecule has 0 saturated carbocycles. The predicted molar refractivity (Wildman–Crippen MR) is 86.6 cm³/mol. The van der Waals surface area contributed by atoms with Crippen LogP contribution in [0.1, 0.15) is 5.56 Å². The Morgan fingerprint density at radius 3 is 2.35 bits per heavy atom. The van der Waals surface area contributed by atoms with Gasteiger partial charge in [-0.25, -0.2) is 4.98 Å². The lowest BCUT2D eigenvalue weighted by molar-refractivity contribution is -0.139. The number of aliphatic carboxylic acids is 1. The van der Waals surface area contributed by atoms with Gasteiger partial charge in [0, 0.05) is 31.7 Å². The van der Waals surface area contributed by atoms with Crippen molar-refractivity contribution >= 4 is 11.9 Å². The van der Waals surface area contributed by atoms with Gasteiger partial charge >= 0.3 is 12.1 Å². The van der Waals surface area contributed by atoms with Crippen LogP contribution in [0.4, 0.5) is 19.1 Å². The first-order chi connectivity index (χ1) is 12.3. The number of nitrogens with zero attached hydrogens (tertiary/aromatic N) is 5. The quantitative estimate of drug-likeness (QED) is 0.882. The Labute approximate surface area is 147 Å². The summed E-state index contributed by atoms with van der Waals surface area (Å²) in [6, 6.07) is 4.70. The largest absolute Gasteiger partial charge is 0.480 e. The van der Waals surface area contributed by atoms with Crippen LogP contribution < -0.4 is 4.90 Å². The number of alkyl halides is 3. The highest BCUT2D eigenvalue weighted by atomic mass is 19.4. The standard InChI is InChI=1S/C16H16F3N5O2/c17-16(18,19)12-3-1-11(2-4-12)13-9-20-22-15(21-13)24-7-5-23(6-8-24)10-14(25)26/h1-4,9H,5-8,10H2,(H,25,26). The maximum Gasteiger partial charge on any atom is 0.416 e. The minimum atomic E-state index is -4.39. The van der Waals surface area contributed by atoms with E-state index in [1.807, 2.05) is 9.80 Å². The van der Waals surface area contributed by atoms with Crippen molar-refractivity contribution in [3.8, 4) is 11.3 Å². The molecule has 2 heterocycles. The molecule has 1 aliphatic heterocycles. The van der Waals surface area contributed by atoms with Crippen molar-refractivity contribution in [2.24, 2.45) is 0 Å². The summed E-state index contributed by atoms with van der Waals surface area (Å²) in [6.07, 6.45) is -2.99. The molecule has 3 rings (SSSR count). The number of carboxylic acids is 1. The number of hydrogen-bond acceptors (Lipinski definition) is 6. The maximum absolute atomic E-state index is 12.7. The van der Waals surface area contributed by atoms with Gasteiger partial charge in [0.2, 0.25) is 5.95 Å². The number of aromatic nitrogens is 3. The molecule has 2 aromatic rings. The van der Waals surface area contributed by atoms with Gasteiger partial charge in [0.15, 0.2) is 0 Å². The smallest absolute Gasteiger partial charge is 0.416 e. The molecule has 10 heteroatoms. The number of benzene rings is 1. The molecule has 1 aromatic heterocycles. The van der Waals surface area contributed by atoms with Crippen molar-refractivity contribution in [1.29, 1.82) is 0 Å². The molecule has 0 unspecified atom stereocenters. The Morgan fingerprint density at radius 1 is 1.12 bits per heavy atom. The summed E-state index contributed by atoms with van der Waals surface area (Å²) in [5.41, 5.74) is 0.216. The Balaban J connectivity index is 1.72. The highest BCUT2D eigenvalue weighted by Gasteiger charge is 2.30.